The maximum absolute atomic E-state index is 5.57. The molecule has 4 nitrogen and oxygen atoms in total. The summed E-state index contributed by atoms with van der Waals surface area (Å²) in [4.78, 5) is 0. The van der Waals surface area contributed by atoms with Gasteiger partial charge in [-0.05, 0) is 19.9 Å². The highest BCUT2D eigenvalue weighted by Gasteiger charge is 2.14. The normalized spacial score (nSPS) is 11.4. The van der Waals surface area contributed by atoms with E-state index in [0.717, 1.165) is 30.0 Å². The third-order valence-corrected chi connectivity index (χ3v) is 3.11. The summed E-state index contributed by atoms with van der Waals surface area (Å²) in [6.07, 6.45) is 3.66. The van der Waals surface area contributed by atoms with Gasteiger partial charge in [-0.25, -0.2) is 0 Å². The zero-order valence-electron chi connectivity index (χ0n) is 11.5. The standard InChI is InChI=1S/C14H21N3O/c1-5-17-11(4)13(8-16-17)12-6-7-18-14(12)9-15-10(2)3/h6-8,10,15H,5,9H2,1-4H3. The van der Waals surface area contributed by atoms with Crippen LogP contribution in [-0.2, 0) is 13.1 Å². The van der Waals surface area contributed by atoms with Crippen LogP contribution in [0.5, 0.6) is 0 Å². The Kier molecular flexibility index (Phi) is 3.87. The van der Waals surface area contributed by atoms with Gasteiger partial charge in [-0.15, -0.1) is 0 Å². The van der Waals surface area contributed by atoms with E-state index in [9.17, 15) is 0 Å². The van der Waals surface area contributed by atoms with Crippen LogP contribution in [0.4, 0.5) is 0 Å². The number of aryl methyl sites for hydroxylation is 1. The topological polar surface area (TPSA) is 43.0 Å². The van der Waals surface area contributed by atoms with E-state index in [1.165, 1.54) is 5.69 Å². The van der Waals surface area contributed by atoms with E-state index >= 15 is 0 Å². The molecule has 0 unspecified atom stereocenters. The predicted molar refractivity (Wildman–Crippen MR) is 72.3 cm³/mol. The van der Waals surface area contributed by atoms with E-state index < -0.39 is 0 Å². The van der Waals surface area contributed by atoms with Gasteiger partial charge in [0.25, 0.3) is 0 Å². The molecular formula is C14H21N3O. The van der Waals surface area contributed by atoms with Crippen molar-refractivity contribution in [3.8, 4) is 11.1 Å². The zero-order chi connectivity index (χ0) is 13.1. The number of nitrogens with one attached hydrogen (secondary N) is 1. The van der Waals surface area contributed by atoms with Gasteiger partial charge < -0.3 is 9.73 Å². The Bertz CT molecular complexity index is 511. The van der Waals surface area contributed by atoms with Crippen molar-refractivity contribution in [2.75, 3.05) is 0 Å². The third-order valence-electron chi connectivity index (χ3n) is 3.11. The van der Waals surface area contributed by atoms with E-state index in [0.29, 0.717) is 6.04 Å². The van der Waals surface area contributed by atoms with Crippen LogP contribution in [0.3, 0.4) is 0 Å². The highest BCUT2D eigenvalue weighted by Crippen LogP contribution is 2.27. The molecule has 0 amide bonds. The number of nitrogens with zero attached hydrogens (tertiary/aromatic N) is 2. The molecule has 0 spiro atoms. The van der Waals surface area contributed by atoms with Gasteiger partial charge in [0.2, 0.25) is 0 Å². The monoisotopic (exact) mass is 247 g/mol. The largest absolute Gasteiger partial charge is 0.467 e. The van der Waals surface area contributed by atoms with E-state index in [2.05, 4.69) is 38.1 Å². The summed E-state index contributed by atoms with van der Waals surface area (Å²) in [5.74, 6) is 0.974. The van der Waals surface area contributed by atoms with Crippen molar-refractivity contribution in [1.82, 2.24) is 15.1 Å². The summed E-state index contributed by atoms with van der Waals surface area (Å²) in [7, 11) is 0. The van der Waals surface area contributed by atoms with Crippen LogP contribution in [0.1, 0.15) is 32.2 Å². The second kappa shape index (κ2) is 5.40. The second-order valence-corrected chi connectivity index (χ2v) is 4.75. The van der Waals surface area contributed by atoms with Gasteiger partial charge in [0.05, 0.1) is 19.0 Å². The molecule has 98 valence electrons. The molecule has 0 saturated heterocycles. The Morgan fingerprint density at radius 3 is 2.78 bits per heavy atom. The Hall–Kier alpha value is -1.55. The minimum absolute atomic E-state index is 0.447. The Balaban J connectivity index is 2.27. The average Bonchev–Trinajstić information content (AvgIpc) is 2.92. The zero-order valence-corrected chi connectivity index (χ0v) is 11.5. The van der Waals surface area contributed by atoms with Crippen LogP contribution >= 0.6 is 0 Å². The highest BCUT2D eigenvalue weighted by atomic mass is 16.3. The molecule has 0 saturated carbocycles. The number of rotatable bonds is 5. The van der Waals surface area contributed by atoms with Crippen molar-refractivity contribution < 1.29 is 4.42 Å². The van der Waals surface area contributed by atoms with Crippen LogP contribution in [0, 0.1) is 6.92 Å². The van der Waals surface area contributed by atoms with Gasteiger partial charge in [0.15, 0.2) is 0 Å². The summed E-state index contributed by atoms with van der Waals surface area (Å²) in [6, 6.07) is 2.46. The highest BCUT2D eigenvalue weighted by molar-refractivity contribution is 5.67. The molecule has 0 radical (unpaired) electrons. The fourth-order valence-corrected chi connectivity index (χ4v) is 2.04. The smallest absolute Gasteiger partial charge is 0.125 e. The van der Waals surface area contributed by atoms with Crippen LogP contribution in [-0.4, -0.2) is 15.8 Å². The van der Waals surface area contributed by atoms with Crippen LogP contribution in [0.2, 0.25) is 0 Å². The molecule has 0 aliphatic rings. The van der Waals surface area contributed by atoms with Crippen molar-refractivity contribution in [2.24, 2.45) is 0 Å². The molecule has 0 atom stereocenters. The van der Waals surface area contributed by atoms with Crippen molar-refractivity contribution in [2.45, 2.75) is 46.8 Å². The molecule has 4 heteroatoms. The first-order valence-electron chi connectivity index (χ1n) is 6.46. The summed E-state index contributed by atoms with van der Waals surface area (Å²) >= 11 is 0. The minimum Gasteiger partial charge on any atom is -0.467 e. The molecule has 0 fully saturated rings. The third kappa shape index (κ3) is 2.48. The predicted octanol–water partition coefficient (Wildman–Crippen LogP) is 2.97. The fraction of sp³-hybridized carbons (Fsp3) is 0.500. The quantitative estimate of drug-likeness (QED) is 0.883. The van der Waals surface area contributed by atoms with Gasteiger partial charge in [-0.2, -0.15) is 5.10 Å². The molecule has 18 heavy (non-hydrogen) atoms. The van der Waals surface area contributed by atoms with Crippen molar-refractivity contribution >= 4 is 0 Å². The summed E-state index contributed by atoms with van der Waals surface area (Å²) < 4.78 is 7.57. The molecular weight excluding hydrogens is 226 g/mol. The first-order chi connectivity index (χ1) is 8.63. The Morgan fingerprint density at radius 2 is 2.17 bits per heavy atom. The van der Waals surface area contributed by atoms with Gasteiger partial charge in [-0.1, -0.05) is 13.8 Å². The molecule has 0 aliphatic heterocycles. The SMILES string of the molecule is CCn1ncc(-c2ccoc2CNC(C)C)c1C. The van der Waals surface area contributed by atoms with Crippen molar-refractivity contribution in [3.05, 3.63) is 30.0 Å². The summed E-state index contributed by atoms with van der Waals surface area (Å²) in [5.41, 5.74) is 3.48. The summed E-state index contributed by atoms with van der Waals surface area (Å²) in [6.45, 7) is 10.1. The minimum atomic E-state index is 0.447. The van der Waals surface area contributed by atoms with E-state index in [1.807, 2.05) is 16.9 Å². The average molecular weight is 247 g/mol. The molecule has 0 aliphatic carbocycles. The van der Waals surface area contributed by atoms with Gasteiger partial charge in [-0.3, -0.25) is 4.68 Å². The van der Waals surface area contributed by atoms with Gasteiger partial charge >= 0.3 is 0 Å². The Morgan fingerprint density at radius 1 is 1.39 bits per heavy atom. The van der Waals surface area contributed by atoms with E-state index in [-0.39, 0.29) is 0 Å². The maximum Gasteiger partial charge on any atom is 0.125 e. The summed E-state index contributed by atoms with van der Waals surface area (Å²) in [5, 5.41) is 7.76. The van der Waals surface area contributed by atoms with Crippen LogP contribution < -0.4 is 5.32 Å². The van der Waals surface area contributed by atoms with Crippen molar-refractivity contribution in [3.63, 3.8) is 0 Å². The molecule has 0 aromatic carbocycles. The molecule has 2 rings (SSSR count). The van der Waals surface area contributed by atoms with Gasteiger partial charge in [0.1, 0.15) is 5.76 Å². The molecule has 0 bridgehead atoms. The van der Waals surface area contributed by atoms with Crippen LogP contribution in [0.15, 0.2) is 22.9 Å². The molecule has 1 N–H and O–H groups in total. The van der Waals surface area contributed by atoms with Gasteiger partial charge in [0, 0.05) is 29.4 Å². The van der Waals surface area contributed by atoms with E-state index in [4.69, 9.17) is 4.42 Å². The lowest BCUT2D eigenvalue weighted by atomic mass is 10.1. The Labute approximate surface area is 108 Å². The van der Waals surface area contributed by atoms with E-state index in [1.54, 1.807) is 6.26 Å². The first-order valence-corrected chi connectivity index (χ1v) is 6.46. The fourth-order valence-electron chi connectivity index (χ4n) is 2.04. The number of hydrogen-bond acceptors (Lipinski definition) is 3. The maximum atomic E-state index is 5.57. The number of furan rings is 1. The van der Waals surface area contributed by atoms with Crippen LogP contribution in [0.25, 0.3) is 11.1 Å². The molecule has 2 heterocycles. The number of aromatic nitrogens is 2. The first kappa shape index (κ1) is 12.9. The van der Waals surface area contributed by atoms with Crippen molar-refractivity contribution in [1.29, 1.82) is 0 Å². The number of hydrogen-bond donors (Lipinski definition) is 1. The molecule has 2 aromatic rings. The lowest BCUT2D eigenvalue weighted by Gasteiger charge is -2.08. The molecule has 2 aromatic heterocycles. The second-order valence-electron chi connectivity index (χ2n) is 4.75. The lowest BCUT2D eigenvalue weighted by molar-refractivity contribution is 0.466. The lowest BCUT2D eigenvalue weighted by Crippen LogP contribution is -2.21.